The molecular formula is C23H27N5. The maximum absolute atomic E-state index is 4.68. The molecule has 5 heteroatoms. The van der Waals surface area contributed by atoms with Gasteiger partial charge in [0.05, 0.1) is 16.7 Å². The number of benzene rings is 2. The second-order valence-electron chi connectivity index (χ2n) is 8.01. The molecule has 4 rings (SSSR count). The average molecular weight is 374 g/mol. The first kappa shape index (κ1) is 18.4. The fraction of sp³-hybridized carbons (Fsp3) is 0.348. The maximum Gasteiger partial charge on any atom is 0.170 e. The van der Waals surface area contributed by atoms with Crippen molar-refractivity contribution < 1.29 is 0 Å². The van der Waals surface area contributed by atoms with Crippen LogP contribution in [0, 0.1) is 6.92 Å². The van der Waals surface area contributed by atoms with Gasteiger partial charge in [-0.1, -0.05) is 52.0 Å². The average Bonchev–Trinajstić information content (AvgIpc) is 3.26. The zero-order valence-electron chi connectivity index (χ0n) is 17.4. The third-order valence-electron chi connectivity index (χ3n) is 5.49. The largest absolute Gasteiger partial charge is 0.331 e. The van der Waals surface area contributed by atoms with Gasteiger partial charge in [-0.05, 0) is 42.0 Å². The number of rotatable bonds is 4. The van der Waals surface area contributed by atoms with Crippen LogP contribution in [0.5, 0.6) is 0 Å². The summed E-state index contributed by atoms with van der Waals surface area (Å²) in [5, 5.41) is 8.84. The van der Waals surface area contributed by atoms with E-state index in [1.165, 1.54) is 16.8 Å². The number of para-hydroxylation sites is 2. The van der Waals surface area contributed by atoms with Gasteiger partial charge in [-0.25, -0.2) is 4.98 Å². The second kappa shape index (κ2) is 6.89. The SMILES string of the molecule is Cc1nc2cccc(-c3nncn3-c3c(C(C)C)cccc3C(C)C)c2n1C. The summed E-state index contributed by atoms with van der Waals surface area (Å²) in [6.45, 7) is 11.0. The number of aromatic nitrogens is 5. The van der Waals surface area contributed by atoms with E-state index in [0.29, 0.717) is 11.8 Å². The number of imidazole rings is 1. The fourth-order valence-corrected chi connectivity index (χ4v) is 3.94. The molecule has 0 aliphatic carbocycles. The van der Waals surface area contributed by atoms with Crippen LogP contribution in [0.2, 0.25) is 0 Å². The van der Waals surface area contributed by atoms with Crippen molar-refractivity contribution in [3.63, 3.8) is 0 Å². The van der Waals surface area contributed by atoms with Crippen LogP contribution in [0.25, 0.3) is 28.1 Å². The molecule has 2 heterocycles. The Bertz CT molecular complexity index is 1120. The Morgan fingerprint density at radius 2 is 1.54 bits per heavy atom. The number of fused-ring (bicyclic) bond motifs is 1. The van der Waals surface area contributed by atoms with Crippen LogP contribution in [0.3, 0.4) is 0 Å². The highest BCUT2D eigenvalue weighted by Crippen LogP contribution is 2.35. The lowest BCUT2D eigenvalue weighted by atomic mass is 9.92. The lowest BCUT2D eigenvalue weighted by molar-refractivity contribution is 0.806. The highest BCUT2D eigenvalue weighted by molar-refractivity contribution is 5.91. The molecule has 2 aromatic heterocycles. The Balaban J connectivity index is 2.04. The summed E-state index contributed by atoms with van der Waals surface area (Å²) in [6.07, 6.45) is 1.84. The zero-order chi connectivity index (χ0) is 20.0. The number of hydrogen-bond acceptors (Lipinski definition) is 3. The van der Waals surface area contributed by atoms with Gasteiger partial charge < -0.3 is 4.57 Å². The first-order valence-corrected chi connectivity index (χ1v) is 9.85. The molecule has 0 saturated carbocycles. The van der Waals surface area contributed by atoms with Gasteiger partial charge in [0.1, 0.15) is 12.2 Å². The van der Waals surface area contributed by atoms with Gasteiger partial charge >= 0.3 is 0 Å². The Morgan fingerprint density at radius 1 is 0.893 bits per heavy atom. The van der Waals surface area contributed by atoms with E-state index >= 15 is 0 Å². The molecule has 0 fully saturated rings. The normalized spacial score (nSPS) is 11.9. The van der Waals surface area contributed by atoms with Crippen LogP contribution >= 0.6 is 0 Å². The molecule has 0 saturated heterocycles. The number of aryl methyl sites for hydroxylation is 2. The van der Waals surface area contributed by atoms with E-state index in [-0.39, 0.29) is 0 Å². The zero-order valence-corrected chi connectivity index (χ0v) is 17.4. The minimum atomic E-state index is 0.402. The molecular weight excluding hydrogens is 346 g/mol. The van der Waals surface area contributed by atoms with Crippen molar-refractivity contribution in [3.8, 4) is 17.1 Å². The summed E-state index contributed by atoms with van der Waals surface area (Å²) < 4.78 is 4.28. The standard InChI is InChI=1S/C23H27N5/c1-14(2)17-9-7-10-18(15(3)4)21(17)28-13-24-26-23(28)19-11-8-12-20-22(19)27(6)16(5)25-20/h7-15H,1-6H3. The predicted molar refractivity (Wildman–Crippen MR) is 114 cm³/mol. The molecule has 0 spiro atoms. The molecule has 4 aromatic rings. The van der Waals surface area contributed by atoms with Crippen molar-refractivity contribution in [3.05, 3.63) is 59.7 Å². The van der Waals surface area contributed by atoms with Gasteiger partial charge in [0.2, 0.25) is 0 Å². The van der Waals surface area contributed by atoms with Crippen molar-refractivity contribution in [2.45, 2.75) is 46.5 Å². The van der Waals surface area contributed by atoms with Crippen molar-refractivity contribution in [1.82, 2.24) is 24.3 Å². The predicted octanol–water partition coefficient (Wildman–Crippen LogP) is 5.38. The molecule has 5 nitrogen and oxygen atoms in total. The van der Waals surface area contributed by atoms with Crippen molar-refractivity contribution >= 4 is 11.0 Å². The van der Waals surface area contributed by atoms with Crippen LogP contribution < -0.4 is 0 Å². The minimum absolute atomic E-state index is 0.402. The molecule has 0 radical (unpaired) electrons. The number of hydrogen-bond donors (Lipinski definition) is 0. The van der Waals surface area contributed by atoms with Gasteiger partial charge in [0.15, 0.2) is 5.82 Å². The Hall–Kier alpha value is -2.95. The molecule has 0 aliphatic heterocycles. The van der Waals surface area contributed by atoms with Crippen molar-refractivity contribution in [1.29, 1.82) is 0 Å². The maximum atomic E-state index is 4.68. The highest BCUT2D eigenvalue weighted by atomic mass is 15.3. The summed E-state index contributed by atoms with van der Waals surface area (Å²) in [7, 11) is 2.05. The Labute approximate surface area is 166 Å². The first-order chi connectivity index (χ1) is 13.4. The van der Waals surface area contributed by atoms with Crippen LogP contribution in [-0.4, -0.2) is 24.3 Å². The van der Waals surface area contributed by atoms with Gasteiger partial charge in [-0.15, -0.1) is 10.2 Å². The van der Waals surface area contributed by atoms with E-state index in [4.69, 9.17) is 0 Å². The van der Waals surface area contributed by atoms with E-state index in [1.54, 1.807) is 0 Å². The van der Waals surface area contributed by atoms with E-state index in [2.05, 4.69) is 83.3 Å². The first-order valence-electron chi connectivity index (χ1n) is 9.85. The fourth-order valence-electron chi connectivity index (χ4n) is 3.94. The third kappa shape index (κ3) is 2.82. The molecule has 2 aromatic carbocycles. The summed E-state index contributed by atoms with van der Waals surface area (Å²) in [4.78, 5) is 4.68. The highest BCUT2D eigenvalue weighted by Gasteiger charge is 2.21. The molecule has 0 bridgehead atoms. The van der Waals surface area contributed by atoms with Crippen LogP contribution in [-0.2, 0) is 7.05 Å². The van der Waals surface area contributed by atoms with E-state index in [9.17, 15) is 0 Å². The molecule has 0 amide bonds. The molecule has 0 aliphatic rings. The molecule has 28 heavy (non-hydrogen) atoms. The van der Waals surface area contributed by atoms with E-state index < -0.39 is 0 Å². The summed E-state index contributed by atoms with van der Waals surface area (Å²) in [5.41, 5.74) is 6.92. The summed E-state index contributed by atoms with van der Waals surface area (Å²) in [6, 6.07) is 12.8. The molecule has 0 unspecified atom stereocenters. The van der Waals surface area contributed by atoms with Gasteiger partial charge in [-0.3, -0.25) is 4.57 Å². The second-order valence-corrected chi connectivity index (χ2v) is 8.01. The minimum Gasteiger partial charge on any atom is -0.331 e. The lowest BCUT2D eigenvalue weighted by Gasteiger charge is -2.21. The monoisotopic (exact) mass is 373 g/mol. The topological polar surface area (TPSA) is 48.5 Å². The smallest absolute Gasteiger partial charge is 0.170 e. The van der Waals surface area contributed by atoms with Crippen LogP contribution in [0.15, 0.2) is 42.7 Å². The summed E-state index contributed by atoms with van der Waals surface area (Å²) >= 11 is 0. The van der Waals surface area contributed by atoms with Crippen LogP contribution in [0.1, 0.15) is 56.5 Å². The van der Waals surface area contributed by atoms with Gasteiger partial charge in [-0.2, -0.15) is 0 Å². The molecule has 0 N–H and O–H groups in total. The quantitative estimate of drug-likeness (QED) is 0.483. The lowest BCUT2D eigenvalue weighted by Crippen LogP contribution is -2.08. The van der Waals surface area contributed by atoms with Crippen molar-refractivity contribution in [2.75, 3.05) is 0 Å². The Kier molecular flexibility index (Phi) is 4.53. The van der Waals surface area contributed by atoms with E-state index in [0.717, 1.165) is 28.2 Å². The summed E-state index contributed by atoms with van der Waals surface area (Å²) in [5.74, 6) is 2.64. The number of nitrogens with zero attached hydrogens (tertiary/aromatic N) is 5. The van der Waals surface area contributed by atoms with Crippen LogP contribution in [0.4, 0.5) is 0 Å². The Morgan fingerprint density at radius 3 is 2.18 bits per heavy atom. The van der Waals surface area contributed by atoms with Gasteiger partial charge in [0.25, 0.3) is 0 Å². The molecule has 0 atom stereocenters. The third-order valence-corrected chi connectivity index (χ3v) is 5.49. The van der Waals surface area contributed by atoms with Crippen molar-refractivity contribution in [2.24, 2.45) is 7.05 Å². The van der Waals surface area contributed by atoms with E-state index in [1.807, 2.05) is 25.4 Å². The van der Waals surface area contributed by atoms with Gasteiger partial charge in [0, 0.05) is 12.6 Å². The molecule has 144 valence electrons.